The summed E-state index contributed by atoms with van der Waals surface area (Å²) in [7, 11) is 2.00. The van der Waals surface area contributed by atoms with E-state index in [0.717, 1.165) is 18.5 Å². The number of nitrogens with one attached hydrogen (secondary N) is 1. The van der Waals surface area contributed by atoms with Crippen LogP contribution in [0.15, 0.2) is 29.2 Å². The number of thiazole rings is 1. The van der Waals surface area contributed by atoms with Crippen LogP contribution < -0.4 is 5.32 Å². The molecule has 3 rings (SSSR count). The van der Waals surface area contributed by atoms with Crippen LogP contribution in [0, 0.1) is 0 Å². The molecule has 2 aromatic rings. The van der Waals surface area contributed by atoms with Crippen LogP contribution in [-0.2, 0) is 6.42 Å². The fourth-order valence-electron chi connectivity index (χ4n) is 2.70. The summed E-state index contributed by atoms with van der Waals surface area (Å²) < 4.78 is 0. The highest BCUT2D eigenvalue weighted by atomic mass is 32.1. The average Bonchev–Trinajstić information content (AvgIpc) is 3.01. The van der Waals surface area contributed by atoms with Crippen molar-refractivity contribution in [1.82, 2.24) is 15.3 Å². The Labute approximate surface area is 105 Å². The summed E-state index contributed by atoms with van der Waals surface area (Å²) >= 11 is 1.65. The third-order valence-corrected chi connectivity index (χ3v) is 4.09. The largest absolute Gasteiger partial charge is 0.311 e. The zero-order valence-corrected chi connectivity index (χ0v) is 10.6. The molecule has 0 aromatic carbocycles. The van der Waals surface area contributed by atoms with Crippen LogP contribution >= 0.6 is 11.3 Å². The highest BCUT2D eigenvalue weighted by molar-refractivity contribution is 7.07. The van der Waals surface area contributed by atoms with Gasteiger partial charge in [0.1, 0.15) is 0 Å². The summed E-state index contributed by atoms with van der Waals surface area (Å²) in [5.41, 5.74) is 5.68. The van der Waals surface area contributed by atoms with E-state index < -0.39 is 0 Å². The molecule has 2 unspecified atom stereocenters. The number of hydrogen-bond acceptors (Lipinski definition) is 4. The Hall–Kier alpha value is -1.26. The Kier molecular flexibility index (Phi) is 2.91. The lowest BCUT2D eigenvalue weighted by Crippen LogP contribution is -2.23. The van der Waals surface area contributed by atoms with Crippen LogP contribution in [0.25, 0.3) is 0 Å². The number of likely N-dealkylation sites (N-methyl/N-ethyl adjacent to an activating group) is 1. The second kappa shape index (κ2) is 4.55. The number of nitrogens with zero attached hydrogens (tertiary/aromatic N) is 2. The zero-order valence-electron chi connectivity index (χ0n) is 9.76. The van der Waals surface area contributed by atoms with E-state index in [1.165, 1.54) is 11.3 Å². The van der Waals surface area contributed by atoms with E-state index in [-0.39, 0.29) is 6.04 Å². The number of pyridine rings is 1. The average molecular weight is 245 g/mol. The molecule has 0 spiro atoms. The van der Waals surface area contributed by atoms with Crippen LogP contribution in [0.1, 0.15) is 35.3 Å². The molecule has 2 atom stereocenters. The van der Waals surface area contributed by atoms with Gasteiger partial charge in [0.2, 0.25) is 0 Å². The smallest absolute Gasteiger partial charge is 0.0795 e. The summed E-state index contributed by atoms with van der Waals surface area (Å²) in [5.74, 6) is 0.457. The second-order valence-electron chi connectivity index (χ2n) is 4.37. The van der Waals surface area contributed by atoms with Gasteiger partial charge in [-0.1, -0.05) is 6.07 Å². The van der Waals surface area contributed by atoms with Gasteiger partial charge in [0, 0.05) is 23.2 Å². The lowest BCUT2D eigenvalue weighted by molar-refractivity contribution is 0.462. The molecule has 1 aliphatic carbocycles. The third-order valence-electron chi connectivity index (χ3n) is 3.49. The first kappa shape index (κ1) is 10.9. The molecule has 1 aliphatic rings. The van der Waals surface area contributed by atoms with Crippen molar-refractivity contribution in [2.24, 2.45) is 0 Å². The van der Waals surface area contributed by atoms with Gasteiger partial charge in [0.05, 0.1) is 17.2 Å². The van der Waals surface area contributed by atoms with Crippen LogP contribution in [0.5, 0.6) is 0 Å². The molecule has 2 heterocycles. The van der Waals surface area contributed by atoms with Gasteiger partial charge in [-0.25, -0.2) is 4.98 Å². The van der Waals surface area contributed by atoms with E-state index in [1.54, 1.807) is 11.3 Å². The standard InChI is InChI=1S/C13H15N3S/c1-14-13(11-7-17-8-16-11)10-5-4-9-3-2-6-15-12(9)10/h2-3,6-8,10,13-14H,4-5H2,1H3. The molecule has 17 heavy (non-hydrogen) atoms. The topological polar surface area (TPSA) is 37.8 Å². The van der Waals surface area contributed by atoms with Gasteiger partial charge < -0.3 is 5.32 Å². The van der Waals surface area contributed by atoms with Crippen LogP contribution in [-0.4, -0.2) is 17.0 Å². The molecule has 3 nitrogen and oxygen atoms in total. The fourth-order valence-corrected chi connectivity index (χ4v) is 3.29. The lowest BCUT2D eigenvalue weighted by Gasteiger charge is -2.21. The molecule has 4 heteroatoms. The highest BCUT2D eigenvalue weighted by Gasteiger charge is 2.31. The van der Waals surface area contributed by atoms with Gasteiger partial charge in [0.25, 0.3) is 0 Å². The molecule has 0 saturated heterocycles. The highest BCUT2D eigenvalue weighted by Crippen LogP contribution is 2.39. The molecule has 0 aliphatic heterocycles. The van der Waals surface area contributed by atoms with Gasteiger partial charge in [-0.05, 0) is 31.5 Å². The maximum Gasteiger partial charge on any atom is 0.0795 e. The minimum absolute atomic E-state index is 0.289. The van der Waals surface area contributed by atoms with Crippen LogP contribution in [0.3, 0.4) is 0 Å². The molecular formula is C13H15N3S. The molecule has 1 N–H and O–H groups in total. The molecule has 0 amide bonds. The Balaban J connectivity index is 1.95. The van der Waals surface area contributed by atoms with E-state index in [2.05, 4.69) is 26.7 Å². The predicted octanol–water partition coefficient (Wildman–Crippen LogP) is 2.53. The minimum atomic E-state index is 0.289. The van der Waals surface area contributed by atoms with E-state index in [0.29, 0.717) is 5.92 Å². The lowest BCUT2D eigenvalue weighted by atomic mass is 9.95. The molecule has 0 radical (unpaired) electrons. The van der Waals surface area contributed by atoms with E-state index in [1.807, 2.05) is 24.8 Å². The van der Waals surface area contributed by atoms with E-state index >= 15 is 0 Å². The summed E-state index contributed by atoms with van der Waals surface area (Å²) in [6, 6.07) is 4.51. The SMILES string of the molecule is CNC(c1cscn1)C1CCc2cccnc21. The van der Waals surface area contributed by atoms with E-state index in [9.17, 15) is 0 Å². The van der Waals surface area contributed by atoms with Gasteiger partial charge >= 0.3 is 0 Å². The summed E-state index contributed by atoms with van der Waals surface area (Å²) in [5, 5.41) is 5.52. The molecule has 0 bridgehead atoms. The van der Waals surface area contributed by atoms with Crippen LogP contribution in [0.2, 0.25) is 0 Å². The summed E-state index contributed by atoms with van der Waals surface area (Å²) in [4.78, 5) is 8.99. The fraction of sp³-hybridized carbons (Fsp3) is 0.385. The first-order valence-electron chi connectivity index (χ1n) is 5.89. The molecular weight excluding hydrogens is 230 g/mol. The van der Waals surface area contributed by atoms with Crippen molar-refractivity contribution >= 4 is 11.3 Å². The number of aryl methyl sites for hydroxylation is 1. The van der Waals surface area contributed by atoms with Crippen molar-refractivity contribution < 1.29 is 0 Å². The van der Waals surface area contributed by atoms with Crippen molar-refractivity contribution in [3.8, 4) is 0 Å². The third kappa shape index (κ3) is 1.87. The molecule has 88 valence electrons. The first-order chi connectivity index (χ1) is 8.40. The summed E-state index contributed by atoms with van der Waals surface area (Å²) in [6.07, 6.45) is 4.19. The van der Waals surface area contributed by atoms with Gasteiger partial charge in [-0.2, -0.15) is 0 Å². The Bertz CT molecular complexity index is 495. The second-order valence-corrected chi connectivity index (χ2v) is 5.09. The molecule has 0 saturated carbocycles. The van der Waals surface area contributed by atoms with Gasteiger partial charge in [-0.15, -0.1) is 11.3 Å². The first-order valence-corrected chi connectivity index (χ1v) is 6.83. The quantitative estimate of drug-likeness (QED) is 0.903. The monoisotopic (exact) mass is 245 g/mol. The van der Waals surface area contributed by atoms with Crippen molar-refractivity contribution in [3.05, 3.63) is 46.2 Å². The number of fused-ring (bicyclic) bond motifs is 1. The van der Waals surface area contributed by atoms with Crippen LogP contribution in [0.4, 0.5) is 0 Å². The van der Waals surface area contributed by atoms with Crippen molar-refractivity contribution in [2.75, 3.05) is 7.05 Å². The number of aromatic nitrogens is 2. The Morgan fingerprint density at radius 3 is 3.18 bits per heavy atom. The maximum atomic E-state index is 4.56. The predicted molar refractivity (Wildman–Crippen MR) is 69.2 cm³/mol. The minimum Gasteiger partial charge on any atom is -0.311 e. The van der Waals surface area contributed by atoms with Gasteiger partial charge in [-0.3, -0.25) is 4.98 Å². The normalized spacial score (nSPS) is 20.2. The molecule has 0 fully saturated rings. The van der Waals surface area contributed by atoms with Crippen molar-refractivity contribution in [1.29, 1.82) is 0 Å². The van der Waals surface area contributed by atoms with Gasteiger partial charge in [0.15, 0.2) is 0 Å². The Morgan fingerprint density at radius 2 is 2.41 bits per heavy atom. The maximum absolute atomic E-state index is 4.56. The molecule has 2 aromatic heterocycles. The zero-order chi connectivity index (χ0) is 11.7. The number of hydrogen-bond donors (Lipinski definition) is 1. The van der Waals surface area contributed by atoms with Crippen molar-refractivity contribution in [2.45, 2.75) is 24.8 Å². The van der Waals surface area contributed by atoms with E-state index in [4.69, 9.17) is 0 Å². The van der Waals surface area contributed by atoms with Crippen molar-refractivity contribution in [3.63, 3.8) is 0 Å². The Morgan fingerprint density at radius 1 is 1.47 bits per heavy atom. The number of rotatable bonds is 3. The summed E-state index contributed by atoms with van der Waals surface area (Å²) in [6.45, 7) is 0.